The van der Waals surface area contributed by atoms with Crippen LogP contribution < -0.4 is 0 Å². The molecule has 1 aromatic rings. The van der Waals surface area contributed by atoms with Gasteiger partial charge in [0.25, 0.3) is 9.05 Å². The van der Waals surface area contributed by atoms with Gasteiger partial charge in [-0.25, -0.2) is 8.42 Å². The molecule has 0 aliphatic carbocycles. The van der Waals surface area contributed by atoms with Gasteiger partial charge in [-0.3, -0.25) is 4.68 Å². The summed E-state index contributed by atoms with van der Waals surface area (Å²) < 4.78 is 23.3. The Morgan fingerprint density at radius 2 is 2.25 bits per heavy atom. The Morgan fingerprint density at radius 3 is 2.58 bits per heavy atom. The van der Waals surface area contributed by atoms with E-state index in [4.69, 9.17) is 10.7 Å². The Bertz CT molecular complexity index is 382. The van der Waals surface area contributed by atoms with Crippen LogP contribution in [0.4, 0.5) is 0 Å². The van der Waals surface area contributed by atoms with Crippen LogP contribution >= 0.6 is 10.7 Å². The van der Waals surface area contributed by atoms with Crippen molar-refractivity contribution in [3.05, 3.63) is 11.9 Å². The molecule has 0 bridgehead atoms. The first-order valence-corrected chi connectivity index (χ1v) is 5.73. The summed E-state index contributed by atoms with van der Waals surface area (Å²) >= 11 is 0. The molecule has 0 spiro atoms. The minimum atomic E-state index is -3.64. The summed E-state index contributed by atoms with van der Waals surface area (Å²) in [6, 6.07) is 0. The molecule has 0 amide bonds. The Balaban J connectivity index is 3.33. The molecule has 0 radical (unpaired) electrons. The molecule has 1 aromatic heterocycles. The van der Waals surface area contributed by atoms with Crippen molar-refractivity contribution in [1.29, 1.82) is 0 Å². The summed E-state index contributed by atoms with van der Waals surface area (Å²) in [6.45, 7) is 1.83. The lowest BCUT2D eigenvalue weighted by molar-refractivity contribution is 0.608. The first kappa shape index (κ1) is 9.54. The largest absolute Gasteiger partial charge is 0.274 e. The first-order valence-electron chi connectivity index (χ1n) is 3.42. The van der Waals surface area contributed by atoms with Crippen molar-refractivity contribution in [2.75, 3.05) is 0 Å². The van der Waals surface area contributed by atoms with E-state index in [1.807, 2.05) is 6.92 Å². The van der Waals surface area contributed by atoms with Crippen LogP contribution in [0.25, 0.3) is 0 Å². The molecule has 6 heteroatoms. The Hall–Kier alpha value is -0.550. The van der Waals surface area contributed by atoms with Gasteiger partial charge < -0.3 is 0 Å². The standard InChI is InChI=1S/C6H9ClN2O2S/c1-3-5-6(12(7,10)11)4-9(2)8-5/h4H,3H2,1-2H3. The van der Waals surface area contributed by atoms with Crippen LogP contribution in [0.5, 0.6) is 0 Å². The van der Waals surface area contributed by atoms with Crippen LogP contribution in [0.15, 0.2) is 11.1 Å². The SMILES string of the molecule is CCc1nn(C)cc1S(=O)(=O)Cl. The van der Waals surface area contributed by atoms with E-state index in [1.165, 1.54) is 10.9 Å². The minimum Gasteiger partial charge on any atom is -0.274 e. The molecule has 0 aliphatic heterocycles. The van der Waals surface area contributed by atoms with Gasteiger partial charge >= 0.3 is 0 Å². The van der Waals surface area contributed by atoms with Crippen LogP contribution in [0.1, 0.15) is 12.6 Å². The van der Waals surface area contributed by atoms with E-state index in [0.29, 0.717) is 12.1 Å². The number of hydrogen-bond donors (Lipinski definition) is 0. The zero-order valence-electron chi connectivity index (χ0n) is 6.78. The topological polar surface area (TPSA) is 52.0 Å². The van der Waals surface area contributed by atoms with E-state index in [1.54, 1.807) is 7.05 Å². The summed E-state index contributed by atoms with van der Waals surface area (Å²) in [5.41, 5.74) is 0.507. The van der Waals surface area contributed by atoms with Crippen molar-refractivity contribution < 1.29 is 8.42 Å². The maximum Gasteiger partial charge on any atom is 0.264 e. The van der Waals surface area contributed by atoms with Crippen LogP contribution in [-0.4, -0.2) is 18.2 Å². The van der Waals surface area contributed by atoms with Gasteiger partial charge in [-0.15, -0.1) is 0 Å². The van der Waals surface area contributed by atoms with Gasteiger partial charge in [0, 0.05) is 23.9 Å². The summed E-state index contributed by atoms with van der Waals surface area (Å²) in [4.78, 5) is 0.106. The number of hydrogen-bond acceptors (Lipinski definition) is 3. The normalized spacial score (nSPS) is 11.9. The van der Waals surface area contributed by atoms with Crippen molar-refractivity contribution in [3.63, 3.8) is 0 Å². The van der Waals surface area contributed by atoms with Gasteiger partial charge in [0.05, 0.1) is 5.69 Å². The number of rotatable bonds is 2. The van der Waals surface area contributed by atoms with E-state index >= 15 is 0 Å². The molecule has 1 heterocycles. The number of halogens is 1. The van der Waals surface area contributed by atoms with Gasteiger partial charge in [0.2, 0.25) is 0 Å². The monoisotopic (exact) mass is 208 g/mol. The van der Waals surface area contributed by atoms with Gasteiger partial charge in [0.1, 0.15) is 4.90 Å². The van der Waals surface area contributed by atoms with Crippen molar-refractivity contribution in [3.8, 4) is 0 Å². The Kier molecular flexibility index (Phi) is 2.44. The fourth-order valence-corrected chi connectivity index (χ4v) is 2.09. The lowest BCUT2D eigenvalue weighted by atomic mass is 10.3. The average Bonchev–Trinajstić information content (AvgIpc) is 2.29. The van der Waals surface area contributed by atoms with E-state index < -0.39 is 9.05 Å². The molecule has 0 unspecified atom stereocenters. The molecule has 4 nitrogen and oxygen atoms in total. The lowest BCUT2D eigenvalue weighted by Gasteiger charge is -1.91. The lowest BCUT2D eigenvalue weighted by Crippen LogP contribution is -1.93. The van der Waals surface area contributed by atoms with Gasteiger partial charge in [-0.2, -0.15) is 5.10 Å². The molecule has 0 saturated heterocycles. The molecule has 12 heavy (non-hydrogen) atoms. The number of aryl methyl sites for hydroxylation is 2. The molecule has 0 aliphatic rings. The average molecular weight is 209 g/mol. The fraction of sp³-hybridized carbons (Fsp3) is 0.500. The molecule has 0 fully saturated rings. The molecule has 1 rings (SSSR count). The zero-order valence-corrected chi connectivity index (χ0v) is 8.35. The third kappa shape index (κ3) is 1.78. The third-order valence-electron chi connectivity index (χ3n) is 1.46. The van der Waals surface area contributed by atoms with Gasteiger partial charge in [0.15, 0.2) is 0 Å². The van der Waals surface area contributed by atoms with Crippen molar-refractivity contribution >= 4 is 19.7 Å². The molecule has 0 aromatic carbocycles. The Morgan fingerprint density at radius 1 is 1.67 bits per heavy atom. The van der Waals surface area contributed by atoms with Crippen LogP contribution in [-0.2, 0) is 22.5 Å². The predicted octanol–water partition coefficient (Wildman–Crippen LogP) is 0.910. The number of nitrogens with zero attached hydrogens (tertiary/aromatic N) is 2. The summed E-state index contributed by atoms with van der Waals surface area (Å²) in [7, 11) is 3.20. The summed E-state index contributed by atoms with van der Waals surface area (Å²) in [5, 5.41) is 3.95. The van der Waals surface area contributed by atoms with Crippen molar-refractivity contribution in [1.82, 2.24) is 9.78 Å². The number of aromatic nitrogens is 2. The smallest absolute Gasteiger partial charge is 0.264 e. The highest BCUT2D eigenvalue weighted by Crippen LogP contribution is 2.18. The summed E-state index contributed by atoms with van der Waals surface area (Å²) in [6.07, 6.45) is 1.96. The van der Waals surface area contributed by atoms with E-state index in [0.717, 1.165) is 0 Å². The fourth-order valence-electron chi connectivity index (χ4n) is 0.961. The predicted molar refractivity (Wildman–Crippen MR) is 45.6 cm³/mol. The molecule has 0 saturated carbocycles. The van der Waals surface area contributed by atoms with Crippen LogP contribution in [0, 0.1) is 0 Å². The quantitative estimate of drug-likeness (QED) is 0.679. The van der Waals surface area contributed by atoms with E-state index in [2.05, 4.69) is 5.10 Å². The molecular weight excluding hydrogens is 200 g/mol. The molecular formula is C6H9ClN2O2S. The van der Waals surface area contributed by atoms with Crippen molar-refractivity contribution in [2.45, 2.75) is 18.2 Å². The highest BCUT2D eigenvalue weighted by molar-refractivity contribution is 8.13. The maximum absolute atomic E-state index is 10.9. The third-order valence-corrected chi connectivity index (χ3v) is 2.83. The second-order valence-electron chi connectivity index (χ2n) is 2.41. The maximum atomic E-state index is 10.9. The highest BCUT2D eigenvalue weighted by Gasteiger charge is 2.17. The van der Waals surface area contributed by atoms with E-state index in [-0.39, 0.29) is 4.90 Å². The summed E-state index contributed by atoms with van der Waals surface area (Å²) in [5.74, 6) is 0. The highest BCUT2D eigenvalue weighted by atomic mass is 35.7. The first-order chi connectivity index (χ1) is 5.45. The van der Waals surface area contributed by atoms with Crippen LogP contribution in [0.2, 0.25) is 0 Å². The van der Waals surface area contributed by atoms with Crippen molar-refractivity contribution in [2.24, 2.45) is 7.05 Å². The molecule has 68 valence electrons. The molecule has 0 atom stereocenters. The second kappa shape index (κ2) is 3.06. The van der Waals surface area contributed by atoms with Crippen LogP contribution in [0.3, 0.4) is 0 Å². The zero-order chi connectivity index (χ0) is 9.35. The Labute approximate surface area is 75.6 Å². The molecule has 0 N–H and O–H groups in total. The van der Waals surface area contributed by atoms with Gasteiger partial charge in [-0.05, 0) is 6.42 Å². The van der Waals surface area contributed by atoms with E-state index in [9.17, 15) is 8.42 Å². The van der Waals surface area contributed by atoms with Gasteiger partial charge in [-0.1, -0.05) is 6.92 Å². The second-order valence-corrected chi connectivity index (χ2v) is 4.94. The minimum absolute atomic E-state index is 0.106.